The average molecular weight is 240 g/mol. The zero-order chi connectivity index (χ0) is 11.0. The predicted octanol–water partition coefficient (Wildman–Crippen LogP) is -0.935. The summed E-state index contributed by atoms with van der Waals surface area (Å²) in [4.78, 5) is 21.2. The number of rotatable bonds is 7. The molecular formula is C8H18ClN3O3. The molecule has 0 aromatic rings. The number of aliphatic carboxylic acids is 1. The van der Waals surface area contributed by atoms with Gasteiger partial charge in [-0.05, 0) is 19.4 Å². The highest BCUT2D eigenvalue weighted by atomic mass is 35.5. The number of nitrogens with two attached hydrogens (primary N) is 2. The lowest BCUT2D eigenvalue weighted by Crippen LogP contribution is -2.42. The van der Waals surface area contributed by atoms with Crippen molar-refractivity contribution in [2.45, 2.75) is 25.3 Å². The summed E-state index contributed by atoms with van der Waals surface area (Å²) >= 11 is 0. The SMILES string of the molecule is Cl.NCCCC[C@@H](N)C(=O)NCC(=O)O. The van der Waals surface area contributed by atoms with Crippen molar-refractivity contribution in [3.05, 3.63) is 0 Å². The van der Waals surface area contributed by atoms with Crippen molar-refractivity contribution in [3.8, 4) is 0 Å². The molecule has 0 radical (unpaired) electrons. The molecule has 0 fully saturated rings. The topological polar surface area (TPSA) is 118 Å². The number of carboxylic acid groups (broad SMARTS) is 1. The second-order valence-corrected chi connectivity index (χ2v) is 3.00. The van der Waals surface area contributed by atoms with E-state index in [1.54, 1.807) is 0 Å². The fourth-order valence-electron chi connectivity index (χ4n) is 0.934. The molecule has 0 spiro atoms. The van der Waals surface area contributed by atoms with Crippen LogP contribution in [-0.2, 0) is 9.59 Å². The molecule has 0 saturated heterocycles. The van der Waals surface area contributed by atoms with E-state index in [-0.39, 0.29) is 19.0 Å². The van der Waals surface area contributed by atoms with Gasteiger partial charge in [0.1, 0.15) is 6.54 Å². The Bertz CT molecular complexity index is 202. The number of hydrogen-bond acceptors (Lipinski definition) is 4. The third kappa shape index (κ3) is 9.45. The van der Waals surface area contributed by atoms with E-state index in [0.29, 0.717) is 13.0 Å². The molecule has 0 aliphatic rings. The first-order chi connectivity index (χ1) is 6.57. The standard InChI is InChI=1S/C8H17N3O3.ClH/c9-4-2-1-3-6(10)8(14)11-5-7(12)13;/h6H,1-5,9-10H2,(H,11,14)(H,12,13);1H/t6-;/m1./s1. The number of nitrogens with one attached hydrogen (secondary N) is 1. The maximum absolute atomic E-state index is 11.1. The van der Waals surface area contributed by atoms with Crippen molar-refractivity contribution in [2.24, 2.45) is 11.5 Å². The molecule has 0 aromatic heterocycles. The first kappa shape index (κ1) is 16.6. The molecule has 0 aromatic carbocycles. The van der Waals surface area contributed by atoms with Crippen molar-refractivity contribution >= 4 is 24.3 Å². The van der Waals surface area contributed by atoms with Crippen LogP contribution in [0.25, 0.3) is 0 Å². The normalized spacial score (nSPS) is 11.3. The maximum atomic E-state index is 11.1. The van der Waals surface area contributed by atoms with Gasteiger partial charge in [-0.15, -0.1) is 12.4 Å². The van der Waals surface area contributed by atoms with Crippen molar-refractivity contribution < 1.29 is 14.7 Å². The van der Waals surface area contributed by atoms with Gasteiger partial charge in [0.15, 0.2) is 0 Å². The Morgan fingerprint density at radius 1 is 1.33 bits per heavy atom. The molecule has 0 rings (SSSR count). The van der Waals surface area contributed by atoms with Gasteiger partial charge in [-0.2, -0.15) is 0 Å². The summed E-state index contributed by atoms with van der Waals surface area (Å²) < 4.78 is 0. The fraction of sp³-hybridized carbons (Fsp3) is 0.750. The summed E-state index contributed by atoms with van der Waals surface area (Å²) in [6, 6.07) is -0.638. The van der Waals surface area contributed by atoms with Crippen LogP contribution < -0.4 is 16.8 Å². The quantitative estimate of drug-likeness (QED) is 0.428. The smallest absolute Gasteiger partial charge is 0.322 e. The predicted molar refractivity (Wildman–Crippen MR) is 58.8 cm³/mol. The summed E-state index contributed by atoms with van der Waals surface area (Å²) in [5, 5.41) is 10.5. The lowest BCUT2D eigenvalue weighted by Gasteiger charge is -2.10. The van der Waals surface area contributed by atoms with Crippen molar-refractivity contribution in [1.82, 2.24) is 5.32 Å². The highest BCUT2D eigenvalue weighted by Gasteiger charge is 2.12. The Hall–Kier alpha value is -0.850. The van der Waals surface area contributed by atoms with Gasteiger partial charge in [-0.25, -0.2) is 0 Å². The minimum atomic E-state index is -1.08. The number of halogens is 1. The molecule has 0 heterocycles. The van der Waals surface area contributed by atoms with Crippen LogP contribution in [0.2, 0.25) is 0 Å². The monoisotopic (exact) mass is 239 g/mol. The van der Waals surface area contributed by atoms with E-state index < -0.39 is 17.9 Å². The zero-order valence-electron chi connectivity index (χ0n) is 8.44. The number of carbonyl (C=O) groups excluding carboxylic acids is 1. The molecule has 0 aliphatic carbocycles. The Labute approximate surface area is 94.8 Å². The molecule has 15 heavy (non-hydrogen) atoms. The van der Waals surface area contributed by atoms with Crippen LogP contribution in [0.5, 0.6) is 0 Å². The zero-order valence-corrected chi connectivity index (χ0v) is 9.26. The Morgan fingerprint density at radius 3 is 2.40 bits per heavy atom. The Kier molecular flexibility index (Phi) is 10.7. The lowest BCUT2D eigenvalue weighted by molar-refractivity contribution is -0.138. The molecule has 6 nitrogen and oxygen atoms in total. The molecule has 0 bridgehead atoms. The van der Waals surface area contributed by atoms with Crippen molar-refractivity contribution in [3.63, 3.8) is 0 Å². The van der Waals surface area contributed by atoms with Gasteiger partial charge in [-0.3, -0.25) is 9.59 Å². The van der Waals surface area contributed by atoms with Gasteiger partial charge in [0.2, 0.25) is 5.91 Å². The maximum Gasteiger partial charge on any atom is 0.322 e. The van der Waals surface area contributed by atoms with Crippen LogP contribution in [-0.4, -0.2) is 36.1 Å². The van der Waals surface area contributed by atoms with Gasteiger partial charge in [0, 0.05) is 0 Å². The molecule has 0 saturated carbocycles. The minimum Gasteiger partial charge on any atom is -0.480 e. The highest BCUT2D eigenvalue weighted by Crippen LogP contribution is 1.97. The Morgan fingerprint density at radius 2 is 1.93 bits per heavy atom. The van der Waals surface area contributed by atoms with Crippen LogP contribution in [0.4, 0.5) is 0 Å². The third-order valence-corrected chi connectivity index (χ3v) is 1.72. The van der Waals surface area contributed by atoms with E-state index in [1.807, 2.05) is 0 Å². The minimum absolute atomic E-state index is 0. The summed E-state index contributed by atoms with van der Waals surface area (Å²) in [7, 11) is 0. The van der Waals surface area contributed by atoms with E-state index in [2.05, 4.69) is 5.32 Å². The van der Waals surface area contributed by atoms with Gasteiger partial charge in [0.05, 0.1) is 6.04 Å². The number of unbranched alkanes of at least 4 members (excludes halogenated alkanes) is 1. The van der Waals surface area contributed by atoms with Crippen LogP contribution in [0.3, 0.4) is 0 Å². The van der Waals surface area contributed by atoms with Crippen molar-refractivity contribution in [2.75, 3.05) is 13.1 Å². The van der Waals surface area contributed by atoms with Gasteiger partial charge >= 0.3 is 5.97 Å². The number of amides is 1. The lowest BCUT2D eigenvalue weighted by atomic mass is 10.1. The van der Waals surface area contributed by atoms with Crippen LogP contribution >= 0.6 is 12.4 Å². The summed E-state index contributed by atoms with van der Waals surface area (Å²) in [5.41, 5.74) is 10.8. The largest absolute Gasteiger partial charge is 0.480 e. The molecule has 1 atom stereocenters. The molecule has 7 heteroatoms. The summed E-state index contributed by atoms with van der Waals surface area (Å²) in [6.45, 7) is 0.187. The molecular weight excluding hydrogens is 222 g/mol. The first-order valence-electron chi connectivity index (χ1n) is 4.53. The summed E-state index contributed by atoms with van der Waals surface area (Å²) in [5.74, 6) is -1.50. The molecule has 0 aliphatic heterocycles. The fourth-order valence-corrected chi connectivity index (χ4v) is 0.934. The highest BCUT2D eigenvalue weighted by molar-refractivity contribution is 5.85. The molecule has 90 valence electrons. The van der Waals surface area contributed by atoms with Gasteiger partial charge < -0.3 is 21.9 Å². The van der Waals surface area contributed by atoms with Crippen LogP contribution in [0, 0.1) is 0 Å². The third-order valence-electron chi connectivity index (χ3n) is 1.72. The Balaban J connectivity index is 0. The average Bonchev–Trinajstić information content (AvgIpc) is 2.14. The van der Waals surface area contributed by atoms with E-state index >= 15 is 0 Å². The number of carbonyl (C=O) groups is 2. The van der Waals surface area contributed by atoms with Crippen LogP contribution in [0.1, 0.15) is 19.3 Å². The second-order valence-electron chi connectivity index (χ2n) is 3.00. The van der Waals surface area contributed by atoms with E-state index in [1.165, 1.54) is 0 Å². The number of hydrogen-bond donors (Lipinski definition) is 4. The first-order valence-corrected chi connectivity index (χ1v) is 4.53. The van der Waals surface area contributed by atoms with E-state index in [9.17, 15) is 9.59 Å². The molecule has 0 unspecified atom stereocenters. The van der Waals surface area contributed by atoms with Crippen molar-refractivity contribution in [1.29, 1.82) is 0 Å². The number of carboxylic acids is 1. The second kappa shape index (κ2) is 9.70. The van der Waals surface area contributed by atoms with Gasteiger partial charge in [-0.1, -0.05) is 6.42 Å². The molecule has 1 amide bonds. The van der Waals surface area contributed by atoms with E-state index in [4.69, 9.17) is 16.6 Å². The van der Waals surface area contributed by atoms with Gasteiger partial charge in [0.25, 0.3) is 0 Å². The van der Waals surface area contributed by atoms with Crippen LogP contribution in [0.15, 0.2) is 0 Å². The molecule has 6 N–H and O–H groups in total. The summed E-state index contributed by atoms with van der Waals surface area (Å²) in [6.07, 6.45) is 2.13. The van der Waals surface area contributed by atoms with E-state index in [0.717, 1.165) is 12.8 Å².